The first-order chi connectivity index (χ1) is 11.3. The van der Waals surface area contributed by atoms with Gasteiger partial charge in [0.2, 0.25) is 10.0 Å². The number of likely N-dealkylation sites (tertiary alicyclic amines) is 1. The largest absolute Gasteiger partial charge is 0.481 e. The Morgan fingerprint density at radius 2 is 2.12 bits per heavy atom. The third kappa shape index (κ3) is 3.82. The Hall–Kier alpha value is -2.19. The SMILES string of the molecule is C=CCNS(=O)(=O)c1cccc(C(=O)N2C[C@@H](C)[C@H](C(=O)O)C2)c1. The number of nitrogens with zero attached hydrogens (tertiary/aromatic N) is 1. The highest BCUT2D eigenvalue weighted by Crippen LogP contribution is 2.25. The van der Waals surface area contributed by atoms with E-state index in [4.69, 9.17) is 5.11 Å². The number of aliphatic carboxylic acids is 1. The van der Waals surface area contributed by atoms with Crippen LogP contribution in [0.15, 0.2) is 41.8 Å². The van der Waals surface area contributed by atoms with Gasteiger partial charge in [-0.1, -0.05) is 19.1 Å². The van der Waals surface area contributed by atoms with Crippen LogP contribution < -0.4 is 4.72 Å². The van der Waals surface area contributed by atoms with Crippen molar-refractivity contribution < 1.29 is 23.1 Å². The molecule has 1 amide bonds. The van der Waals surface area contributed by atoms with Crippen molar-refractivity contribution in [2.24, 2.45) is 11.8 Å². The van der Waals surface area contributed by atoms with E-state index in [0.717, 1.165) is 0 Å². The number of rotatable bonds is 6. The topological polar surface area (TPSA) is 104 Å². The lowest BCUT2D eigenvalue weighted by molar-refractivity contribution is -0.142. The van der Waals surface area contributed by atoms with Gasteiger partial charge in [0.15, 0.2) is 0 Å². The summed E-state index contributed by atoms with van der Waals surface area (Å²) in [7, 11) is -3.72. The molecule has 0 saturated carbocycles. The van der Waals surface area contributed by atoms with Gasteiger partial charge in [-0.2, -0.15) is 0 Å². The Bertz CT molecular complexity index is 759. The number of sulfonamides is 1. The molecule has 1 aliphatic rings. The van der Waals surface area contributed by atoms with Crippen molar-refractivity contribution in [1.29, 1.82) is 0 Å². The minimum atomic E-state index is -3.72. The average molecular weight is 352 g/mol. The average Bonchev–Trinajstić information content (AvgIpc) is 2.94. The molecule has 1 saturated heterocycles. The number of amides is 1. The summed E-state index contributed by atoms with van der Waals surface area (Å²) >= 11 is 0. The standard InChI is InChI=1S/C16H20N2O5S/c1-3-7-17-24(22,23)13-6-4-5-12(8-13)15(19)18-9-11(2)14(10-18)16(20)21/h3-6,8,11,14,17H,1,7,9-10H2,2H3,(H,20,21)/t11-,14-/m1/s1. The molecule has 1 heterocycles. The molecule has 7 nitrogen and oxygen atoms in total. The van der Waals surface area contributed by atoms with Gasteiger partial charge >= 0.3 is 5.97 Å². The quantitative estimate of drug-likeness (QED) is 0.742. The summed E-state index contributed by atoms with van der Waals surface area (Å²) in [5.74, 6) is -2.04. The molecule has 2 N–H and O–H groups in total. The first-order valence-electron chi connectivity index (χ1n) is 7.49. The van der Waals surface area contributed by atoms with Crippen LogP contribution >= 0.6 is 0 Å². The lowest BCUT2D eigenvalue weighted by atomic mass is 9.99. The van der Waals surface area contributed by atoms with Gasteiger partial charge in [0.1, 0.15) is 0 Å². The van der Waals surface area contributed by atoms with Gasteiger partial charge in [0.25, 0.3) is 5.91 Å². The molecule has 1 aliphatic heterocycles. The Morgan fingerprint density at radius 1 is 1.42 bits per heavy atom. The van der Waals surface area contributed by atoms with Gasteiger partial charge in [-0.3, -0.25) is 9.59 Å². The predicted octanol–water partition coefficient (Wildman–Crippen LogP) is 0.944. The summed E-state index contributed by atoms with van der Waals surface area (Å²) < 4.78 is 26.6. The molecule has 0 bridgehead atoms. The van der Waals surface area contributed by atoms with Crippen LogP contribution in [0, 0.1) is 11.8 Å². The van der Waals surface area contributed by atoms with E-state index in [1.807, 2.05) is 0 Å². The van der Waals surface area contributed by atoms with E-state index >= 15 is 0 Å². The number of hydrogen-bond donors (Lipinski definition) is 2. The van der Waals surface area contributed by atoms with Gasteiger partial charge in [-0.05, 0) is 24.1 Å². The molecule has 2 atom stereocenters. The van der Waals surface area contributed by atoms with Crippen molar-refractivity contribution >= 4 is 21.9 Å². The smallest absolute Gasteiger partial charge is 0.308 e. The van der Waals surface area contributed by atoms with Gasteiger partial charge < -0.3 is 10.0 Å². The van der Waals surface area contributed by atoms with Crippen molar-refractivity contribution in [3.63, 3.8) is 0 Å². The molecule has 8 heteroatoms. The fourth-order valence-electron chi connectivity index (χ4n) is 2.68. The van der Waals surface area contributed by atoms with Crippen molar-refractivity contribution in [2.45, 2.75) is 11.8 Å². The highest BCUT2D eigenvalue weighted by molar-refractivity contribution is 7.89. The normalized spacial score (nSPS) is 20.8. The molecule has 2 rings (SSSR count). The van der Waals surface area contributed by atoms with E-state index in [1.165, 1.54) is 35.2 Å². The Labute approximate surface area is 141 Å². The number of hydrogen-bond acceptors (Lipinski definition) is 4. The van der Waals surface area contributed by atoms with E-state index in [1.54, 1.807) is 6.92 Å². The van der Waals surface area contributed by atoms with Gasteiger partial charge in [0, 0.05) is 25.2 Å². The fraction of sp³-hybridized carbons (Fsp3) is 0.375. The number of carboxylic acid groups (broad SMARTS) is 1. The van der Waals surface area contributed by atoms with Gasteiger partial charge in [-0.15, -0.1) is 6.58 Å². The molecule has 0 unspecified atom stereocenters. The second-order valence-electron chi connectivity index (χ2n) is 5.80. The lowest BCUT2D eigenvalue weighted by Crippen LogP contribution is -2.30. The van der Waals surface area contributed by atoms with E-state index in [0.29, 0.717) is 6.54 Å². The van der Waals surface area contributed by atoms with E-state index in [-0.39, 0.29) is 35.4 Å². The van der Waals surface area contributed by atoms with Crippen molar-refractivity contribution in [1.82, 2.24) is 9.62 Å². The molecule has 0 aromatic heterocycles. The summed E-state index contributed by atoms with van der Waals surface area (Å²) in [6, 6.07) is 5.71. The zero-order valence-electron chi connectivity index (χ0n) is 13.3. The monoisotopic (exact) mass is 352 g/mol. The molecule has 130 valence electrons. The third-order valence-corrected chi connectivity index (χ3v) is 5.45. The highest BCUT2D eigenvalue weighted by Gasteiger charge is 2.37. The third-order valence-electron chi connectivity index (χ3n) is 4.03. The maximum absolute atomic E-state index is 12.6. The summed E-state index contributed by atoms with van der Waals surface area (Å²) in [5.41, 5.74) is 0.217. The number of carbonyl (C=O) groups is 2. The number of benzene rings is 1. The summed E-state index contributed by atoms with van der Waals surface area (Å²) in [6.45, 7) is 5.78. The first kappa shape index (κ1) is 18.2. The molecule has 0 aliphatic carbocycles. The van der Waals surface area contributed by atoms with Gasteiger partial charge in [-0.25, -0.2) is 13.1 Å². The van der Waals surface area contributed by atoms with Crippen LogP contribution in [0.5, 0.6) is 0 Å². The highest BCUT2D eigenvalue weighted by atomic mass is 32.2. The van der Waals surface area contributed by atoms with Crippen LogP contribution in [0.2, 0.25) is 0 Å². The fourth-order valence-corrected chi connectivity index (χ4v) is 3.73. The van der Waals surface area contributed by atoms with Crippen molar-refractivity contribution in [3.05, 3.63) is 42.5 Å². The van der Waals surface area contributed by atoms with Crippen LogP contribution in [0.4, 0.5) is 0 Å². The molecule has 0 radical (unpaired) electrons. The maximum Gasteiger partial charge on any atom is 0.308 e. The summed E-state index contributed by atoms with van der Waals surface area (Å²) in [6.07, 6.45) is 1.42. The van der Waals surface area contributed by atoms with Crippen LogP contribution in [0.1, 0.15) is 17.3 Å². The lowest BCUT2D eigenvalue weighted by Gasteiger charge is -2.16. The Morgan fingerprint density at radius 3 is 2.71 bits per heavy atom. The number of carboxylic acids is 1. The maximum atomic E-state index is 12.6. The minimum absolute atomic E-state index is 0.0165. The van der Waals surface area contributed by atoms with E-state index < -0.39 is 21.9 Å². The zero-order valence-corrected chi connectivity index (χ0v) is 14.1. The van der Waals surface area contributed by atoms with Crippen LogP contribution in [-0.2, 0) is 14.8 Å². The molecule has 1 aromatic rings. The Balaban J connectivity index is 2.21. The number of carbonyl (C=O) groups excluding carboxylic acids is 1. The van der Waals surface area contributed by atoms with Crippen molar-refractivity contribution in [2.75, 3.05) is 19.6 Å². The first-order valence-corrected chi connectivity index (χ1v) is 8.97. The number of nitrogens with one attached hydrogen (secondary N) is 1. The van der Waals surface area contributed by atoms with Gasteiger partial charge in [0.05, 0.1) is 10.8 Å². The van der Waals surface area contributed by atoms with Crippen LogP contribution in [0.3, 0.4) is 0 Å². The minimum Gasteiger partial charge on any atom is -0.481 e. The summed E-state index contributed by atoms with van der Waals surface area (Å²) in [4.78, 5) is 25.2. The second-order valence-corrected chi connectivity index (χ2v) is 7.57. The molecule has 1 aromatic carbocycles. The predicted molar refractivity (Wildman–Crippen MR) is 88.0 cm³/mol. The molecular formula is C16H20N2O5S. The van der Waals surface area contributed by atoms with E-state index in [2.05, 4.69) is 11.3 Å². The van der Waals surface area contributed by atoms with Crippen LogP contribution in [-0.4, -0.2) is 49.9 Å². The second kappa shape index (κ2) is 7.14. The van der Waals surface area contributed by atoms with Crippen LogP contribution in [0.25, 0.3) is 0 Å². The molecule has 0 spiro atoms. The molecule has 24 heavy (non-hydrogen) atoms. The molecule has 1 fully saturated rings. The van der Waals surface area contributed by atoms with Crippen molar-refractivity contribution in [3.8, 4) is 0 Å². The Kier molecular flexibility index (Phi) is 5.40. The molecular weight excluding hydrogens is 332 g/mol. The van der Waals surface area contributed by atoms with E-state index in [9.17, 15) is 18.0 Å². The zero-order chi connectivity index (χ0) is 17.9. The summed E-state index contributed by atoms with van der Waals surface area (Å²) in [5, 5.41) is 9.15.